The Morgan fingerprint density at radius 1 is 1.04 bits per heavy atom. The fraction of sp³-hybridized carbons (Fsp3) is 0.0769. The van der Waals surface area contributed by atoms with Crippen molar-refractivity contribution in [3.8, 4) is 0 Å². The highest BCUT2D eigenvalue weighted by Crippen LogP contribution is 2.33. The lowest BCUT2D eigenvalue weighted by atomic mass is 10.2. The van der Waals surface area contributed by atoms with E-state index in [-0.39, 0.29) is 31.3 Å². The highest BCUT2D eigenvalue weighted by Gasteiger charge is 2.21. The number of benzene rings is 2. The Hall–Kier alpha value is -1.54. The van der Waals surface area contributed by atoms with Gasteiger partial charge in [0.25, 0.3) is 15.7 Å². The number of hydrogen-bond donors (Lipinski definition) is 1. The summed E-state index contributed by atoms with van der Waals surface area (Å²) in [5.74, 6) is 0. The van der Waals surface area contributed by atoms with Gasteiger partial charge in [0.1, 0.15) is 4.90 Å². The lowest BCUT2D eigenvalue weighted by molar-refractivity contribution is -0.384. The van der Waals surface area contributed by atoms with Crippen molar-refractivity contribution in [2.24, 2.45) is 0 Å². The van der Waals surface area contributed by atoms with E-state index in [1.807, 2.05) is 0 Å². The number of nitrogens with zero attached hydrogens (tertiary/aromatic N) is 1. The molecule has 0 amide bonds. The molecule has 2 aromatic carbocycles. The molecule has 0 heterocycles. The number of nitro benzene ring substituents is 1. The molecule has 0 spiro atoms. The van der Waals surface area contributed by atoms with E-state index in [9.17, 15) is 18.5 Å². The number of hydrogen-bond acceptors (Lipinski definition) is 4. The van der Waals surface area contributed by atoms with E-state index in [1.54, 1.807) is 6.92 Å². The van der Waals surface area contributed by atoms with Gasteiger partial charge in [0.05, 0.1) is 25.7 Å². The first kappa shape index (κ1) is 17.8. The number of nitrogens with one attached hydrogen (secondary N) is 1. The van der Waals surface area contributed by atoms with Gasteiger partial charge in [-0.15, -0.1) is 0 Å². The Labute approximate surface area is 147 Å². The lowest BCUT2D eigenvalue weighted by Gasteiger charge is -2.12. The fourth-order valence-corrected chi connectivity index (χ4v) is 3.92. The van der Waals surface area contributed by atoms with Gasteiger partial charge in [0.15, 0.2) is 0 Å². The Kier molecular flexibility index (Phi) is 5.05. The largest absolute Gasteiger partial charge is 0.279 e. The molecular weight excluding hydrogens is 387 g/mol. The molecule has 0 fully saturated rings. The first-order valence-corrected chi connectivity index (χ1v) is 8.66. The highest BCUT2D eigenvalue weighted by atomic mass is 35.5. The molecule has 0 saturated heterocycles. The predicted molar refractivity (Wildman–Crippen MR) is 90.1 cm³/mol. The molecule has 0 bridgehead atoms. The summed E-state index contributed by atoms with van der Waals surface area (Å²) >= 11 is 17.5. The molecule has 2 rings (SSSR count). The van der Waals surface area contributed by atoms with Gasteiger partial charge in [0.2, 0.25) is 0 Å². The number of aryl methyl sites for hydroxylation is 1. The number of non-ortho nitro benzene ring substituents is 1. The van der Waals surface area contributed by atoms with Crippen LogP contribution in [0.15, 0.2) is 35.2 Å². The number of anilines is 1. The first-order chi connectivity index (χ1) is 10.6. The van der Waals surface area contributed by atoms with Gasteiger partial charge in [-0.2, -0.15) is 0 Å². The Morgan fingerprint density at radius 3 is 2.22 bits per heavy atom. The van der Waals surface area contributed by atoms with Crippen LogP contribution in [0, 0.1) is 17.0 Å². The zero-order valence-corrected chi connectivity index (χ0v) is 14.6. The molecule has 23 heavy (non-hydrogen) atoms. The average molecular weight is 396 g/mol. The van der Waals surface area contributed by atoms with E-state index >= 15 is 0 Å². The van der Waals surface area contributed by atoms with Gasteiger partial charge in [-0.25, -0.2) is 8.42 Å². The summed E-state index contributed by atoms with van der Waals surface area (Å²) in [5.41, 5.74) is 0.440. The number of rotatable bonds is 4. The van der Waals surface area contributed by atoms with Crippen molar-refractivity contribution in [1.82, 2.24) is 0 Å². The minimum absolute atomic E-state index is 0.0388. The van der Waals surface area contributed by atoms with E-state index < -0.39 is 14.9 Å². The summed E-state index contributed by atoms with van der Waals surface area (Å²) in [6.45, 7) is 1.54. The normalized spacial score (nSPS) is 11.3. The average Bonchev–Trinajstić information content (AvgIpc) is 2.44. The van der Waals surface area contributed by atoms with Crippen LogP contribution in [-0.4, -0.2) is 13.3 Å². The monoisotopic (exact) mass is 394 g/mol. The van der Waals surface area contributed by atoms with Gasteiger partial charge in [-0.1, -0.05) is 34.8 Å². The Bertz CT molecular complexity index is 900. The summed E-state index contributed by atoms with van der Waals surface area (Å²) < 4.78 is 27.2. The number of halogens is 3. The summed E-state index contributed by atoms with van der Waals surface area (Å²) in [6.07, 6.45) is 0. The van der Waals surface area contributed by atoms with Crippen molar-refractivity contribution < 1.29 is 13.3 Å². The van der Waals surface area contributed by atoms with Crippen LogP contribution in [0.1, 0.15) is 5.56 Å². The predicted octanol–water partition coefficient (Wildman–Crippen LogP) is 4.66. The third-order valence-corrected chi connectivity index (χ3v) is 5.48. The second kappa shape index (κ2) is 6.52. The third-order valence-electron chi connectivity index (χ3n) is 2.93. The van der Waals surface area contributed by atoms with Crippen molar-refractivity contribution in [3.63, 3.8) is 0 Å². The molecule has 0 aliphatic carbocycles. The van der Waals surface area contributed by atoms with Crippen LogP contribution in [-0.2, 0) is 10.0 Å². The molecule has 10 heteroatoms. The summed E-state index contributed by atoms with van der Waals surface area (Å²) in [6, 6.07) is 6.12. The molecule has 0 atom stereocenters. The minimum Gasteiger partial charge on any atom is -0.279 e. The molecule has 0 saturated carbocycles. The fourth-order valence-electron chi connectivity index (χ4n) is 1.79. The molecule has 0 aliphatic rings. The molecular formula is C13H9Cl3N2O4S. The van der Waals surface area contributed by atoms with Crippen LogP contribution >= 0.6 is 34.8 Å². The Balaban J connectivity index is 2.43. The van der Waals surface area contributed by atoms with Crippen LogP contribution in [0.5, 0.6) is 0 Å². The first-order valence-electron chi connectivity index (χ1n) is 6.04. The van der Waals surface area contributed by atoms with E-state index in [1.165, 1.54) is 24.3 Å². The zero-order valence-electron chi connectivity index (χ0n) is 11.5. The van der Waals surface area contributed by atoms with Crippen molar-refractivity contribution in [2.75, 3.05) is 4.72 Å². The maximum absolute atomic E-state index is 12.4. The number of nitro groups is 1. The second-order valence-corrected chi connectivity index (χ2v) is 7.43. The minimum atomic E-state index is -4.03. The molecule has 2 aromatic rings. The van der Waals surface area contributed by atoms with E-state index in [4.69, 9.17) is 34.8 Å². The van der Waals surface area contributed by atoms with Gasteiger partial charge >= 0.3 is 0 Å². The van der Waals surface area contributed by atoms with Gasteiger partial charge in [-0.05, 0) is 30.7 Å². The number of sulfonamides is 1. The van der Waals surface area contributed by atoms with Crippen LogP contribution in [0.25, 0.3) is 0 Å². The standard InChI is InChI=1S/C13H9Cl3N2O4S/c1-7-4-8(18(19)20)2-3-12(7)17-23(21,22)13-6-10(15)9(14)5-11(13)16/h2-6,17H,1H3. The second-order valence-electron chi connectivity index (χ2n) is 4.56. The summed E-state index contributed by atoms with van der Waals surface area (Å²) in [7, 11) is -4.03. The van der Waals surface area contributed by atoms with Crippen LogP contribution in [0.3, 0.4) is 0 Å². The Morgan fingerprint density at radius 2 is 1.65 bits per heavy atom. The van der Waals surface area contributed by atoms with Gasteiger partial charge in [0, 0.05) is 12.1 Å². The van der Waals surface area contributed by atoms with Crippen molar-refractivity contribution >= 4 is 56.2 Å². The zero-order chi connectivity index (χ0) is 17.4. The maximum atomic E-state index is 12.4. The van der Waals surface area contributed by atoms with Crippen LogP contribution < -0.4 is 4.72 Å². The highest BCUT2D eigenvalue weighted by molar-refractivity contribution is 7.92. The molecule has 0 aromatic heterocycles. The molecule has 6 nitrogen and oxygen atoms in total. The van der Waals surface area contributed by atoms with Gasteiger partial charge < -0.3 is 0 Å². The van der Waals surface area contributed by atoms with Crippen LogP contribution in [0.4, 0.5) is 11.4 Å². The third kappa shape index (κ3) is 3.87. The van der Waals surface area contributed by atoms with Crippen LogP contribution in [0.2, 0.25) is 15.1 Å². The molecule has 0 unspecified atom stereocenters. The lowest BCUT2D eigenvalue weighted by Crippen LogP contribution is -2.14. The van der Waals surface area contributed by atoms with Crippen molar-refractivity contribution in [2.45, 2.75) is 11.8 Å². The quantitative estimate of drug-likeness (QED) is 0.463. The molecule has 1 N–H and O–H groups in total. The summed E-state index contributed by atoms with van der Waals surface area (Å²) in [4.78, 5) is 9.90. The summed E-state index contributed by atoms with van der Waals surface area (Å²) in [5, 5.41) is 10.8. The van der Waals surface area contributed by atoms with Crippen molar-refractivity contribution in [3.05, 3.63) is 61.1 Å². The van der Waals surface area contributed by atoms with Gasteiger partial charge in [-0.3, -0.25) is 14.8 Å². The smallest absolute Gasteiger partial charge is 0.269 e. The molecule has 0 radical (unpaired) electrons. The van der Waals surface area contributed by atoms with Crippen molar-refractivity contribution in [1.29, 1.82) is 0 Å². The van der Waals surface area contributed by atoms with E-state index in [2.05, 4.69) is 4.72 Å². The molecule has 122 valence electrons. The molecule has 0 aliphatic heterocycles. The van der Waals surface area contributed by atoms with E-state index in [0.717, 1.165) is 6.07 Å². The topological polar surface area (TPSA) is 89.3 Å². The SMILES string of the molecule is Cc1cc([N+](=O)[O-])ccc1NS(=O)(=O)c1cc(Cl)c(Cl)cc1Cl. The van der Waals surface area contributed by atoms with E-state index in [0.29, 0.717) is 5.56 Å². The maximum Gasteiger partial charge on any atom is 0.269 e.